The van der Waals surface area contributed by atoms with Crippen LogP contribution in [0.15, 0.2) is 168 Å². The van der Waals surface area contributed by atoms with E-state index in [1.54, 1.807) is 0 Å². The van der Waals surface area contributed by atoms with Crippen LogP contribution in [0.5, 0.6) is 0 Å². The lowest BCUT2D eigenvalue weighted by Crippen LogP contribution is -2.02. The van der Waals surface area contributed by atoms with Crippen molar-refractivity contribution in [2.45, 2.75) is 0 Å². The number of benzene rings is 7. The molecular formula is C46H27N3OS. The number of fused-ring (bicyclic) bond motifs is 9. The molecule has 0 aliphatic rings. The Balaban J connectivity index is 1.20. The summed E-state index contributed by atoms with van der Waals surface area (Å²) in [7, 11) is 0. The van der Waals surface area contributed by atoms with Crippen LogP contribution in [0.2, 0.25) is 0 Å². The first-order valence-electron chi connectivity index (χ1n) is 17.1. The van der Waals surface area contributed by atoms with Crippen LogP contribution in [0.1, 0.15) is 0 Å². The smallest absolute Gasteiger partial charge is 0.162 e. The van der Waals surface area contributed by atoms with Gasteiger partial charge in [0.1, 0.15) is 17.0 Å². The average molecular weight is 670 g/mol. The number of rotatable bonds is 4. The van der Waals surface area contributed by atoms with Crippen molar-refractivity contribution in [2.75, 3.05) is 0 Å². The minimum atomic E-state index is 0.681. The number of aromatic nitrogens is 3. The van der Waals surface area contributed by atoms with Gasteiger partial charge in [0, 0.05) is 58.9 Å². The van der Waals surface area contributed by atoms with E-state index >= 15 is 0 Å². The molecule has 238 valence electrons. The SMILES string of the molecule is c1ccc(-c2ccc(-c3nc(-c4cccc5c4sc4ccccc45)cc(-n4c5ccccc5c5cc6oc7ccccc7c6cc54)n3)cc2)cc1. The number of hydrogen-bond donors (Lipinski definition) is 0. The first-order valence-corrected chi connectivity index (χ1v) is 17.9. The van der Waals surface area contributed by atoms with E-state index in [0.717, 1.165) is 71.9 Å². The van der Waals surface area contributed by atoms with Crippen molar-refractivity contribution in [1.82, 2.24) is 14.5 Å². The number of para-hydroxylation sites is 2. The third-order valence-electron chi connectivity index (χ3n) is 10.0. The second kappa shape index (κ2) is 11.0. The Hall–Kier alpha value is -6.56. The van der Waals surface area contributed by atoms with Gasteiger partial charge in [-0.05, 0) is 41.5 Å². The highest BCUT2D eigenvalue weighted by atomic mass is 32.1. The second-order valence-corrected chi connectivity index (χ2v) is 14.0. The van der Waals surface area contributed by atoms with Crippen molar-refractivity contribution >= 4 is 75.3 Å². The molecule has 0 radical (unpaired) electrons. The lowest BCUT2D eigenvalue weighted by atomic mass is 10.0. The van der Waals surface area contributed by atoms with Gasteiger partial charge >= 0.3 is 0 Å². The van der Waals surface area contributed by atoms with Crippen LogP contribution in [0.25, 0.3) is 104 Å². The fourth-order valence-corrected chi connectivity index (χ4v) is 8.87. The lowest BCUT2D eigenvalue weighted by molar-refractivity contribution is 0.669. The van der Waals surface area contributed by atoms with Crippen molar-refractivity contribution in [3.63, 3.8) is 0 Å². The van der Waals surface area contributed by atoms with Crippen molar-refractivity contribution in [3.05, 3.63) is 164 Å². The normalized spacial score (nSPS) is 11.9. The molecular weight excluding hydrogens is 643 g/mol. The summed E-state index contributed by atoms with van der Waals surface area (Å²) in [5.41, 5.74) is 9.21. The second-order valence-electron chi connectivity index (χ2n) is 13.0. The molecule has 0 saturated heterocycles. The molecule has 11 rings (SSSR count). The molecule has 0 atom stereocenters. The van der Waals surface area contributed by atoms with Crippen LogP contribution in [0.3, 0.4) is 0 Å². The molecule has 0 aliphatic heterocycles. The Labute approximate surface area is 296 Å². The van der Waals surface area contributed by atoms with Gasteiger partial charge in [-0.25, -0.2) is 9.97 Å². The zero-order chi connectivity index (χ0) is 33.5. The van der Waals surface area contributed by atoms with Crippen molar-refractivity contribution in [2.24, 2.45) is 0 Å². The van der Waals surface area contributed by atoms with Gasteiger partial charge in [-0.3, -0.25) is 4.57 Å². The quantitative estimate of drug-likeness (QED) is 0.187. The summed E-state index contributed by atoms with van der Waals surface area (Å²) in [5.74, 6) is 1.50. The van der Waals surface area contributed by atoms with Crippen LogP contribution in [-0.4, -0.2) is 14.5 Å². The molecule has 0 spiro atoms. The Morgan fingerprint density at radius 3 is 2.04 bits per heavy atom. The van der Waals surface area contributed by atoms with Gasteiger partial charge < -0.3 is 4.42 Å². The molecule has 4 nitrogen and oxygen atoms in total. The third-order valence-corrected chi connectivity index (χ3v) is 11.3. The minimum Gasteiger partial charge on any atom is -0.456 e. The van der Waals surface area contributed by atoms with Crippen LogP contribution in [0, 0.1) is 0 Å². The Kier molecular flexibility index (Phi) is 6.09. The molecule has 4 aromatic heterocycles. The van der Waals surface area contributed by atoms with Gasteiger partial charge in [0.25, 0.3) is 0 Å². The molecule has 7 aromatic carbocycles. The maximum absolute atomic E-state index is 6.35. The fraction of sp³-hybridized carbons (Fsp3) is 0. The summed E-state index contributed by atoms with van der Waals surface area (Å²) in [6.07, 6.45) is 0. The first kappa shape index (κ1) is 28.3. The van der Waals surface area contributed by atoms with E-state index in [-0.39, 0.29) is 0 Å². The number of hydrogen-bond acceptors (Lipinski definition) is 4. The molecule has 0 saturated carbocycles. The first-order chi connectivity index (χ1) is 25.3. The maximum atomic E-state index is 6.35. The van der Waals surface area contributed by atoms with Gasteiger partial charge in [-0.15, -0.1) is 11.3 Å². The molecule has 0 unspecified atom stereocenters. The van der Waals surface area contributed by atoms with E-state index in [9.17, 15) is 0 Å². The molecule has 0 fully saturated rings. The molecule has 5 heteroatoms. The Bertz CT molecular complexity index is 3130. The highest BCUT2D eigenvalue weighted by Crippen LogP contribution is 2.42. The predicted octanol–water partition coefficient (Wildman–Crippen LogP) is 12.8. The maximum Gasteiger partial charge on any atom is 0.162 e. The predicted molar refractivity (Wildman–Crippen MR) is 213 cm³/mol. The van der Waals surface area contributed by atoms with Crippen molar-refractivity contribution in [3.8, 4) is 39.6 Å². The van der Waals surface area contributed by atoms with Gasteiger partial charge in [0.2, 0.25) is 0 Å². The average Bonchev–Trinajstić information content (AvgIpc) is 3.86. The highest BCUT2D eigenvalue weighted by molar-refractivity contribution is 7.26. The largest absolute Gasteiger partial charge is 0.456 e. The van der Waals surface area contributed by atoms with E-state index in [2.05, 4.69) is 150 Å². The van der Waals surface area contributed by atoms with Gasteiger partial charge in [0.05, 0.1) is 16.7 Å². The standard InChI is InChI=1S/C46H27N3OS/c1-2-11-28(12-3-1)29-21-23-30(24-22-29)46-47-38(35-17-10-16-34-33-15-6-9-20-43(33)51-45(34)35)27-44(48-46)49-39-18-7-4-13-31(39)36-26-42-37(25-40(36)49)32-14-5-8-19-41(32)50-42/h1-27H. The van der Waals surface area contributed by atoms with Crippen LogP contribution < -0.4 is 0 Å². The number of thiophene rings is 1. The van der Waals surface area contributed by atoms with Crippen LogP contribution in [0.4, 0.5) is 0 Å². The zero-order valence-corrected chi connectivity index (χ0v) is 28.1. The number of furan rings is 1. The molecule has 0 N–H and O–H groups in total. The Morgan fingerprint density at radius 1 is 0.451 bits per heavy atom. The van der Waals surface area contributed by atoms with E-state index in [1.807, 2.05) is 29.5 Å². The zero-order valence-electron chi connectivity index (χ0n) is 27.2. The molecule has 0 aliphatic carbocycles. The monoisotopic (exact) mass is 669 g/mol. The summed E-state index contributed by atoms with van der Waals surface area (Å²) >= 11 is 1.82. The topological polar surface area (TPSA) is 43.9 Å². The van der Waals surface area contributed by atoms with E-state index in [1.165, 1.54) is 25.7 Å². The van der Waals surface area contributed by atoms with Gasteiger partial charge in [-0.1, -0.05) is 127 Å². The summed E-state index contributed by atoms with van der Waals surface area (Å²) in [6, 6.07) is 57.7. The molecule has 0 bridgehead atoms. The van der Waals surface area contributed by atoms with Crippen LogP contribution >= 0.6 is 11.3 Å². The van der Waals surface area contributed by atoms with E-state index in [0.29, 0.717) is 5.82 Å². The Morgan fingerprint density at radius 2 is 1.16 bits per heavy atom. The molecule has 0 amide bonds. The van der Waals surface area contributed by atoms with E-state index < -0.39 is 0 Å². The summed E-state index contributed by atoms with van der Waals surface area (Å²) in [6.45, 7) is 0. The van der Waals surface area contributed by atoms with Gasteiger partial charge in [-0.2, -0.15) is 0 Å². The summed E-state index contributed by atoms with van der Waals surface area (Å²) in [5, 5.41) is 6.97. The number of nitrogens with zero attached hydrogens (tertiary/aromatic N) is 3. The third kappa shape index (κ3) is 4.38. The van der Waals surface area contributed by atoms with Gasteiger partial charge in [0.15, 0.2) is 5.82 Å². The van der Waals surface area contributed by atoms with Crippen LogP contribution in [-0.2, 0) is 0 Å². The summed E-state index contributed by atoms with van der Waals surface area (Å²) < 4.78 is 11.1. The minimum absolute atomic E-state index is 0.681. The fourth-order valence-electron chi connectivity index (χ4n) is 7.64. The molecule has 4 heterocycles. The lowest BCUT2D eigenvalue weighted by Gasteiger charge is -2.13. The van der Waals surface area contributed by atoms with Crippen molar-refractivity contribution < 1.29 is 4.42 Å². The van der Waals surface area contributed by atoms with E-state index in [4.69, 9.17) is 14.4 Å². The van der Waals surface area contributed by atoms with Crippen molar-refractivity contribution in [1.29, 1.82) is 0 Å². The highest BCUT2D eigenvalue weighted by Gasteiger charge is 2.20. The molecule has 51 heavy (non-hydrogen) atoms. The molecule has 11 aromatic rings. The summed E-state index contributed by atoms with van der Waals surface area (Å²) in [4.78, 5) is 10.7.